The van der Waals surface area contributed by atoms with Crippen molar-refractivity contribution < 1.29 is 0 Å². The lowest BCUT2D eigenvalue weighted by Gasteiger charge is -2.34. The van der Waals surface area contributed by atoms with E-state index in [2.05, 4.69) is 13.8 Å². The molecule has 0 aromatic heterocycles. The van der Waals surface area contributed by atoms with E-state index in [0.29, 0.717) is 18.5 Å². The summed E-state index contributed by atoms with van der Waals surface area (Å²) in [5.41, 5.74) is 5.80. The molecule has 76 valence electrons. The Kier molecular flexibility index (Phi) is 2.52. The Morgan fingerprint density at radius 2 is 2.08 bits per heavy atom. The third-order valence-corrected chi connectivity index (χ3v) is 3.04. The highest BCUT2D eigenvalue weighted by Crippen LogP contribution is 2.27. The second-order valence-electron chi connectivity index (χ2n) is 4.52. The molecule has 13 heavy (non-hydrogen) atoms. The Hall–Kier alpha value is -0.770. The van der Waals surface area contributed by atoms with Gasteiger partial charge in [0.2, 0.25) is 0 Å². The topological polar surface area (TPSA) is 56.4 Å². The monoisotopic (exact) mass is 184 g/mol. The van der Waals surface area contributed by atoms with Gasteiger partial charge in [-0.3, -0.25) is 5.41 Å². The van der Waals surface area contributed by atoms with Crippen LogP contribution < -0.4 is 5.73 Å². The van der Waals surface area contributed by atoms with Crippen LogP contribution in [0.2, 0.25) is 0 Å². The minimum atomic E-state index is 0.0752. The van der Waals surface area contributed by atoms with E-state index in [1.165, 1.54) is 0 Å². The molecule has 0 bridgehead atoms. The van der Waals surface area contributed by atoms with Crippen molar-refractivity contribution in [2.75, 3.05) is 27.2 Å². The first kappa shape index (κ1) is 10.3. The summed E-state index contributed by atoms with van der Waals surface area (Å²) in [5.74, 6) is 0.589. The van der Waals surface area contributed by atoms with Crippen molar-refractivity contribution in [3.8, 4) is 0 Å². The minimum Gasteiger partial charge on any atom is -0.344 e. The normalized spacial score (nSPS) is 24.4. The molecule has 3 N–H and O–H groups in total. The highest BCUT2D eigenvalue weighted by atomic mass is 15.4. The molecule has 0 spiro atoms. The van der Waals surface area contributed by atoms with E-state index in [1.54, 1.807) is 0 Å². The highest BCUT2D eigenvalue weighted by molar-refractivity contribution is 5.79. The number of rotatable bonds is 2. The van der Waals surface area contributed by atoms with E-state index in [-0.39, 0.29) is 5.41 Å². The third kappa shape index (κ3) is 1.63. The number of nitrogens with one attached hydrogen (secondary N) is 1. The fraction of sp³-hybridized carbons (Fsp3) is 0.889. The number of nitrogens with two attached hydrogens (primary N) is 1. The van der Waals surface area contributed by atoms with Crippen LogP contribution in [0.15, 0.2) is 0 Å². The van der Waals surface area contributed by atoms with Crippen LogP contribution in [0, 0.1) is 10.8 Å². The molecule has 0 amide bonds. The van der Waals surface area contributed by atoms with Gasteiger partial charge in [-0.1, -0.05) is 13.8 Å². The lowest BCUT2D eigenvalue weighted by atomic mass is 9.84. The van der Waals surface area contributed by atoms with Crippen LogP contribution in [0.25, 0.3) is 0 Å². The van der Waals surface area contributed by atoms with Crippen LogP contribution in [0.4, 0.5) is 0 Å². The molecule has 1 heterocycles. The molecular weight excluding hydrogens is 164 g/mol. The van der Waals surface area contributed by atoms with Gasteiger partial charge in [-0.15, -0.1) is 0 Å². The lowest BCUT2D eigenvalue weighted by molar-refractivity contribution is 0.196. The summed E-state index contributed by atoms with van der Waals surface area (Å²) in [7, 11) is 3.92. The van der Waals surface area contributed by atoms with Gasteiger partial charge in [0.25, 0.3) is 0 Å². The smallest absolute Gasteiger partial charge is 0.193 e. The average Bonchev–Trinajstić information content (AvgIpc) is 2.33. The van der Waals surface area contributed by atoms with Gasteiger partial charge in [0.05, 0.1) is 6.04 Å². The number of nitrogens with zero attached hydrogens (tertiary/aromatic N) is 2. The van der Waals surface area contributed by atoms with Crippen LogP contribution in [0.1, 0.15) is 13.8 Å². The molecule has 1 aliphatic heterocycles. The molecule has 4 nitrogen and oxygen atoms in total. The molecule has 1 rings (SSSR count). The maximum atomic E-state index is 7.76. The van der Waals surface area contributed by atoms with Crippen molar-refractivity contribution in [2.45, 2.75) is 19.9 Å². The highest BCUT2D eigenvalue weighted by Gasteiger charge is 2.39. The number of hydrogen-bond acceptors (Lipinski definition) is 2. The predicted molar refractivity (Wildman–Crippen MR) is 54.7 cm³/mol. The maximum absolute atomic E-state index is 7.76. The zero-order valence-corrected chi connectivity index (χ0v) is 8.96. The first-order valence-electron chi connectivity index (χ1n) is 4.62. The average molecular weight is 184 g/mol. The molecule has 0 saturated carbocycles. The Morgan fingerprint density at radius 3 is 2.38 bits per heavy atom. The van der Waals surface area contributed by atoms with E-state index in [4.69, 9.17) is 11.1 Å². The van der Waals surface area contributed by atoms with Gasteiger partial charge in [-0.2, -0.15) is 0 Å². The zero-order valence-electron chi connectivity index (χ0n) is 8.96. The molecule has 0 aromatic rings. The fourth-order valence-corrected chi connectivity index (χ4v) is 1.79. The van der Waals surface area contributed by atoms with Gasteiger partial charge in [0.15, 0.2) is 5.96 Å². The van der Waals surface area contributed by atoms with Gasteiger partial charge in [0, 0.05) is 20.6 Å². The number of likely N-dealkylation sites (N-methyl/N-ethyl adjacent to an activating group) is 2. The van der Waals surface area contributed by atoms with Crippen LogP contribution in [-0.2, 0) is 0 Å². The molecule has 1 aliphatic rings. The van der Waals surface area contributed by atoms with Gasteiger partial charge < -0.3 is 15.5 Å². The molecule has 1 atom stereocenters. The molecule has 4 heteroatoms. The van der Waals surface area contributed by atoms with E-state index >= 15 is 0 Å². The molecule has 0 radical (unpaired) electrons. The van der Waals surface area contributed by atoms with Crippen LogP contribution in [-0.4, -0.2) is 49.0 Å². The number of hydrogen-bond donors (Lipinski definition) is 2. The molecule has 1 fully saturated rings. The van der Waals surface area contributed by atoms with Crippen molar-refractivity contribution in [3.63, 3.8) is 0 Å². The van der Waals surface area contributed by atoms with Gasteiger partial charge in [-0.05, 0) is 12.0 Å². The Labute approximate surface area is 80.2 Å². The van der Waals surface area contributed by atoms with Gasteiger partial charge in [-0.25, -0.2) is 0 Å². The molecule has 1 unspecified atom stereocenters. The largest absolute Gasteiger partial charge is 0.344 e. The summed E-state index contributed by atoms with van der Waals surface area (Å²) in [6.07, 6.45) is 0. The van der Waals surface area contributed by atoms with Crippen molar-refractivity contribution in [3.05, 3.63) is 0 Å². The van der Waals surface area contributed by atoms with Gasteiger partial charge in [0.1, 0.15) is 0 Å². The predicted octanol–water partition coefficient (Wildman–Crippen LogP) is 0.152. The van der Waals surface area contributed by atoms with E-state index in [0.717, 1.165) is 6.54 Å². The summed E-state index contributed by atoms with van der Waals surface area (Å²) in [6, 6.07) is 0.356. The fourth-order valence-electron chi connectivity index (χ4n) is 1.79. The first-order valence-corrected chi connectivity index (χ1v) is 4.62. The van der Waals surface area contributed by atoms with Crippen molar-refractivity contribution in [1.29, 1.82) is 5.41 Å². The Morgan fingerprint density at radius 1 is 1.54 bits per heavy atom. The summed E-state index contributed by atoms with van der Waals surface area (Å²) >= 11 is 0. The Balaban J connectivity index is 2.79. The van der Waals surface area contributed by atoms with Crippen LogP contribution >= 0.6 is 0 Å². The summed E-state index contributed by atoms with van der Waals surface area (Å²) in [6.45, 7) is 5.86. The molecule has 1 saturated heterocycles. The quantitative estimate of drug-likeness (QED) is 0.642. The lowest BCUT2D eigenvalue weighted by Crippen LogP contribution is -2.45. The third-order valence-electron chi connectivity index (χ3n) is 3.04. The maximum Gasteiger partial charge on any atom is 0.193 e. The second-order valence-corrected chi connectivity index (χ2v) is 4.52. The second kappa shape index (κ2) is 3.18. The Bertz CT molecular complexity index is 212. The van der Waals surface area contributed by atoms with Crippen molar-refractivity contribution in [2.24, 2.45) is 11.1 Å². The summed E-state index contributed by atoms with van der Waals surface area (Å²) in [5, 5.41) is 7.76. The minimum absolute atomic E-state index is 0.0752. The van der Waals surface area contributed by atoms with Crippen LogP contribution in [0.5, 0.6) is 0 Å². The van der Waals surface area contributed by atoms with E-state index in [9.17, 15) is 0 Å². The number of guanidine groups is 1. The SMILES string of the molecule is CN1CC(C(C)(C)CN)N(C)C1=N. The van der Waals surface area contributed by atoms with E-state index < -0.39 is 0 Å². The van der Waals surface area contributed by atoms with E-state index in [1.807, 2.05) is 23.9 Å². The van der Waals surface area contributed by atoms with Gasteiger partial charge >= 0.3 is 0 Å². The van der Waals surface area contributed by atoms with Crippen LogP contribution in [0.3, 0.4) is 0 Å². The standard InChI is InChI=1S/C9H20N4/c1-9(2,6-10)7-5-12(3)8(11)13(7)4/h7,11H,5-6,10H2,1-4H3. The summed E-state index contributed by atoms with van der Waals surface area (Å²) < 4.78 is 0. The first-order chi connectivity index (χ1) is 5.90. The van der Waals surface area contributed by atoms with Crippen molar-refractivity contribution in [1.82, 2.24) is 9.80 Å². The molecule has 0 aliphatic carbocycles. The zero-order chi connectivity index (χ0) is 10.2. The summed E-state index contributed by atoms with van der Waals surface area (Å²) in [4.78, 5) is 3.97. The molecular formula is C9H20N4. The molecule has 0 aromatic carbocycles. The van der Waals surface area contributed by atoms with Crippen molar-refractivity contribution >= 4 is 5.96 Å².